The number of sulfonamides is 1. The normalized spacial score (nSPS) is 12.3. The number of anilines is 1. The highest BCUT2D eigenvalue weighted by Crippen LogP contribution is 2.33. The number of benzene rings is 4. The molecule has 0 aliphatic heterocycles. The first-order valence-corrected chi connectivity index (χ1v) is 17.1. The summed E-state index contributed by atoms with van der Waals surface area (Å²) in [6, 6.07) is 24.7. The molecule has 12 heteroatoms. The van der Waals surface area contributed by atoms with Crippen LogP contribution in [0.1, 0.15) is 35.6 Å². The zero-order valence-electron chi connectivity index (χ0n) is 25.9. The molecule has 0 aliphatic carbocycles. The Morgan fingerprint density at radius 2 is 1.53 bits per heavy atom. The van der Waals surface area contributed by atoms with Gasteiger partial charge in [-0.05, 0) is 66.9 Å². The quantitative estimate of drug-likeness (QED) is 0.159. The van der Waals surface area contributed by atoms with Crippen LogP contribution in [-0.2, 0) is 38.8 Å². The molecule has 0 saturated carbocycles. The smallest absolute Gasteiger partial charge is 0.354 e. The third-order valence-electron chi connectivity index (χ3n) is 7.44. The number of rotatable bonds is 13. The minimum atomic E-state index is -4.76. The van der Waals surface area contributed by atoms with Crippen molar-refractivity contribution in [3.63, 3.8) is 0 Å². The van der Waals surface area contributed by atoms with Gasteiger partial charge in [-0.25, -0.2) is 8.42 Å². The Kier molecular flexibility index (Phi) is 11.9. The van der Waals surface area contributed by atoms with E-state index < -0.39 is 46.2 Å². The van der Waals surface area contributed by atoms with Gasteiger partial charge in [0.05, 0.1) is 16.1 Å². The number of amides is 2. The Morgan fingerprint density at radius 1 is 0.872 bits per heavy atom. The van der Waals surface area contributed by atoms with Crippen molar-refractivity contribution >= 4 is 43.5 Å². The first-order chi connectivity index (χ1) is 22.3. The molecule has 0 fully saturated rings. The molecule has 47 heavy (non-hydrogen) atoms. The second-order valence-corrected chi connectivity index (χ2v) is 13.8. The SMILES string of the molecule is CCCNC(=O)C(Cc1ccccc1)N(Cc1ccc(Br)cc1)C(=O)CN(c1cccc(C(F)(F)F)c1)S(=O)(=O)c1ccc(C)cc1. The third-order valence-corrected chi connectivity index (χ3v) is 9.75. The molecule has 2 amide bonds. The first kappa shape index (κ1) is 35.7. The fraction of sp³-hybridized carbons (Fsp3) is 0.257. The summed E-state index contributed by atoms with van der Waals surface area (Å²) in [5.41, 5.74) is 0.786. The second kappa shape index (κ2) is 15.6. The molecule has 7 nitrogen and oxygen atoms in total. The van der Waals surface area contributed by atoms with Crippen molar-refractivity contribution in [1.82, 2.24) is 10.2 Å². The van der Waals surface area contributed by atoms with Crippen LogP contribution >= 0.6 is 15.9 Å². The average molecular weight is 731 g/mol. The molecular weight excluding hydrogens is 695 g/mol. The fourth-order valence-electron chi connectivity index (χ4n) is 4.91. The number of carbonyl (C=O) groups excluding carboxylic acids is 2. The van der Waals surface area contributed by atoms with Crippen molar-refractivity contribution in [1.29, 1.82) is 0 Å². The third kappa shape index (κ3) is 9.45. The van der Waals surface area contributed by atoms with E-state index in [2.05, 4.69) is 21.2 Å². The second-order valence-electron chi connectivity index (χ2n) is 11.0. The maximum Gasteiger partial charge on any atom is 0.416 e. The Bertz CT molecular complexity index is 1770. The molecule has 0 spiro atoms. The highest BCUT2D eigenvalue weighted by Gasteiger charge is 2.36. The van der Waals surface area contributed by atoms with E-state index in [1.807, 2.05) is 25.1 Å². The van der Waals surface area contributed by atoms with E-state index in [0.717, 1.165) is 27.7 Å². The van der Waals surface area contributed by atoms with E-state index in [1.54, 1.807) is 55.5 Å². The van der Waals surface area contributed by atoms with E-state index >= 15 is 0 Å². The molecule has 0 bridgehead atoms. The van der Waals surface area contributed by atoms with Gasteiger partial charge in [0.25, 0.3) is 10.0 Å². The molecular formula is C35H35BrF3N3O4S. The minimum absolute atomic E-state index is 0.0653. The van der Waals surface area contributed by atoms with Crippen LogP contribution in [0.4, 0.5) is 18.9 Å². The minimum Gasteiger partial charge on any atom is -0.354 e. The van der Waals surface area contributed by atoms with E-state index in [9.17, 15) is 31.2 Å². The van der Waals surface area contributed by atoms with Crippen LogP contribution in [0.5, 0.6) is 0 Å². The lowest BCUT2D eigenvalue weighted by atomic mass is 10.0. The lowest BCUT2D eigenvalue weighted by molar-refractivity contribution is -0.140. The molecule has 1 N–H and O–H groups in total. The van der Waals surface area contributed by atoms with E-state index in [0.29, 0.717) is 28.9 Å². The van der Waals surface area contributed by atoms with E-state index in [1.165, 1.54) is 23.1 Å². The number of aryl methyl sites for hydroxylation is 1. The highest BCUT2D eigenvalue weighted by atomic mass is 79.9. The van der Waals surface area contributed by atoms with Gasteiger partial charge in [-0.3, -0.25) is 13.9 Å². The van der Waals surface area contributed by atoms with Gasteiger partial charge in [0.1, 0.15) is 12.6 Å². The van der Waals surface area contributed by atoms with Gasteiger partial charge in [-0.2, -0.15) is 13.2 Å². The number of nitrogens with zero attached hydrogens (tertiary/aromatic N) is 2. The van der Waals surface area contributed by atoms with Crippen LogP contribution in [0, 0.1) is 6.92 Å². The lowest BCUT2D eigenvalue weighted by Crippen LogP contribution is -2.53. The van der Waals surface area contributed by atoms with Crippen molar-refractivity contribution in [2.45, 2.75) is 50.3 Å². The molecule has 4 aromatic carbocycles. The topological polar surface area (TPSA) is 86.8 Å². The van der Waals surface area contributed by atoms with Crippen molar-refractivity contribution < 1.29 is 31.2 Å². The van der Waals surface area contributed by atoms with Crippen LogP contribution in [0.15, 0.2) is 112 Å². The number of alkyl halides is 3. The van der Waals surface area contributed by atoms with Gasteiger partial charge in [0.15, 0.2) is 0 Å². The highest BCUT2D eigenvalue weighted by molar-refractivity contribution is 9.10. The predicted molar refractivity (Wildman–Crippen MR) is 179 cm³/mol. The Morgan fingerprint density at radius 3 is 2.15 bits per heavy atom. The van der Waals surface area contributed by atoms with Gasteiger partial charge in [0.2, 0.25) is 11.8 Å². The molecule has 248 valence electrons. The monoisotopic (exact) mass is 729 g/mol. The molecule has 4 aromatic rings. The van der Waals surface area contributed by atoms with Gasteiger partial charge in [0, 0.05) is 24.0 Å². The van der Waals surface area contributed by atoms with Gasteiger partial charge < -0.3 is 10.2 Å². The van der Waals surface area contributed by atoms with Gasteiger partial charge >= 0.3 is 6.18 Å². The summed E-state index contributed by atoms with van der Waals surface area (Å²) in [5.74, 6) is -1.21. The molecule has 0 aromatic heterocycles. The Labute approximate surface area is 281 Å². The van der Waals surface area contributed by atoms with Crippen LogP contribution < -0.4 is 9.62 Å². The number of hydrogen-bond acceptors (Lipinski definition) is 4. The summed E-state index contributed by atoms with van der Waals surface area (Å²) in [6.45, 7) is 3.08. The average Bonchev–Trinajstić information content (AvgIpc) is 3.05. The van der Waals surface area contributed by atoms with Crippen molar-refractivity contribution in [2.24, 2.45) is 0 Å². The van der Waals surface area contributed by atoms with E-state index in [4.69, 9.17) is 0 Å². The summed E-state index contributed by atoms with van der Waals surface area (Å²) < 4.78 is 70.9. The largest absolute Gasteiger partial charge is 0.416 e. The zero-order valence-corrected chi connectivity index (χ0v) is 28.3. The van der Waals surface area contributed by atoms with Gasteiger partial charge in [-0.1, -0.05) is 89.1 Å². The van der Waals surface area contributed by atoms with E-state index in [-0.39, 0.29) is 23.5 Å². The molecule has 0 heterocycles. The molecule has 1 unspecified atom stereocenters. The maximum atomic E-state index is 14.4. The predicted octanol–water partition coefficient (Wildman–Crippen LogP) is 7.14. The van der Waals surface area contributed by atoms with Crippen LogP contribution in [0.2, 0.25) is 0 Å². The van der Waals surface area contributed by atoms with Crippen LogP contribution in [0.25, 0.3) is 0 Å². The van der Waals surface area contributed by atoms with Gasteiger partial charge in [-0.15, -0.1) is 0 Å². The van der Waals surface area contributed by atoms with Crippen molar-refractivity contribution in [2.75, 3.05) is 17.4 Å². The van der Waals surface area contributed by atoms with Crippen molar-refractivity contribution in [3.05, 3.63) is 130 Å². The number of halogens is 4. The lowest BCUT2D eigenvalue weighted by Gasteiger charge is -2.34. The Hall–Kier alpha value is -4.16. The summed E-state index contributed by atoms with van der Waals surface area (Å²) in [7, 11) is -4.55. The summed E-state index contributed by atoms with van der Waals surface area (Å²) in [5, 5.41) is 2.86. The van der Waals surface area contributed by atoms with Crippen molar-refractivity contribution in [3.8, 4) is 0 Å². The van der Waals surface area contributed by atoms with Crippen LogP contribution in [-0.4, -0.2) is 44.3 Å². The standard InChI is InChI=1S/C35H35BrF3N3O4S/c1-3-20-40-34(44)32(21-26-8-5-4-6-9-26)41(23-27-14-16-29(36)17-15-27)33(43)24-42(30-11-7-10-28(22-30)35(37,38)39)47(45,46)31-18-12-25(2)13-19-31/h4-19,22,32H,3,20-21,23-24H2,1-2H3,(H,40,44). The van der Waals surface area contributed by atoms with Crippen LogP contribution in [0.3, 0.4) is 0 Å². The first-order valence-electron chi connectivity index (χ1n) is 14.9. The number of nitrogens with one attached hydrogen (secondary N) is 1. The Balaban J connectivity index is 1.83. The summed E-state index contributed by atoms with van der Waals surface area (Å²) >= 11 is 3.39. The maximum absolute atomic E-state index is 14.4. The molecule has 0 aliphatic rings. The molecule has 4 rings (SSSR count). The molecule has 0 saturated heterocycles. The summed E-state index contributed by atoms with van der Waals surface area (Å²) in [4.78, 5) is 29.2. The summed E-state index contributed by atoms with van der Waals surface area (Å²) in [6.07, 6.45) is -4.00. The zero-order chi connectivity index (χ0) is 34.2. The molecule has 0 radical (unpaired) electrons. The number of carbonyl (C=O) groups is 2. The fourth-order valence-corrected chi connectivity index (χ4v) is 6.58. The number of hydrogen-bond donors (Lipinski definition) is 1. The molecule has 1 atom stereocenters.